The second-order valence-electron chi connectivity index (χ2n) is 10.4. The topological polar surface area (TPSA) is 43.4 Å². The molecule has 10 unspecified atom stereocenters. The lowest BCUT2D eigenvalue weighted by Gasteiger charge is -2.43. The molecule has 0 aromatic rings. The molecule has 3 heteroatoms. The largest absolute Gasteiger partial charge is 0.469 e. The van der Waals surface area contributed by atoms with E-state index in [4.69, 9.17) is 4.74 Å². The van der Waals surface area contributed by atoms with E-state index in [2.05, 4.69) is 20.8 Å². The number of fused-ring (bicyclic) bond motifs is 6. The molecule has 0 N–H and O–H groups in total. The maximum Gasteiger partial charge on any atom is 0.309 e. The van der Waals surface area contributed by atoms with Gasteiger partial charge in [-0.25, -0.2) is 0 Å². The maximum atomic E-state index is 14.0. The summed E-state index contributed by atoms with van der Waals surface area (Å²) in [6.07, 6.45) is 6.67. The van der Waals surface area contributed by atoms with Crippen molar-refractivity contribution in [2.75, 3.05) is 7.11 Å². The van der Waals surface area contributed by atoms with Crippen LogP contribution in [0.1, 0.15) is 59.3 Å². The van der Waals surface area contributed by atoms with Crippen LogP contribution in [0.4, 0.5) is 0 Å². The Morgan fingerprint density at radius 3 is 2.00 bits per heavy atom. The molecule has 4 bridgehead atoms. The Balaban J connectivity index is 1.49. The van der Waals surface area contributed by atoms with Gasteiger partial charge in [0.15, 0.2) is 0 Å². The first-order chi connectivity index (χ1) is 11.9. The quantitative estimate of drug-likeness (QED) is 0.673. The number of rotatable bonds is 1. The van der Waals surface area contributed by atoms with E-state index in [-0.39, 0.29) is 28.6 Å². The van der Waals surface area contributed by atoms with Crippen LogP contribution in [0.15, 0.2) is 0 Å². The second kappa shape index (κ2) is 4.89. The third-order valence-electron chi connectivity index (χ3n) is 10.1. The van der Waals surface area contributed by atoms with E-state index >= 15 is 0 Å². The monoisotopic (exact) mass is 344 g/mol. The van der Waals surface area contributed by atoms with E-state index in [1.165, 1.54) is 13.5 Å². The summed E-state index contributed by atoms with van der Waals surface area (Å²) in [4.78, 5) is 26.5. The Labute approximate surface area is 151 Å². The molecule has 0 radical (unpaired) electrons. The first-order valence-electron chi connectivity index (χ1n) is 10.5. The van der Waals surface area contributed by atoms with Gasteiger partial charge in [-0.1, -0.05) is 20.8 Å². The molecule has 0 amide bonds. The van der Waals surface area contributed by atoms with Crippen LogP contribution in [-0.2, 0) is 14.3 Å². The Hall–Kier alpha value is -0.860. The minimum Gasteiger partial charge on any atom is -0.469 e. The molecular weight excluding hydrogens is 312 g/mol. The molecule has 0 saturated heterocycles. The summed E-state index contributed by atoms with van der Waals surface area (Å²) < 4.78 is 5.14. The van der Waals surface area contributed by atoms with Crippen molar-refractivity contribution < 1.29 is 14.3 Å². The lowest BCUT2D eigenvalue weighted by atomic mass is 9.58. The molecule has 138 valence electrons. The predicted octanol–water partition coefficient (Wildman–Crippen LogP) is 4.10. The zero-order valence-corrected chi connectivity index (χ0v) is 16.1. The van der Waals surface area contributed by atoms with E-state index in [0.29, 0.717) is 29.5 Å². The minimum absolute atomic E-state index is 0.0367. The summed E-state index contributed by atoms with van der Waals surface area (Å²) in [7, 11) is 1.50. The van der Waals surface area contributed by atoms with Gasteiger partial charge in [-0.2, -0.15) is 0 Å². The number of ketones is 1. The zero-order chi connectivity index (χ0) is 17.7. The lowest BCUT2D eigenvalue weighted by molar-refractivity contribution is -0.155. The Morgan fingerprint density at radius 1 is 0.920 bits per heavy atom. The molecule has 0 aliphatic heterocycles. The number of carbonyl (C=O) groups is 2. The van der Waals surface area contributed by atoms with Crippen molar-refractivity contribution in [1.29, 1.82) is 0 Å². The van der Waals surface area contributed by atoms with E-state index in [9.17, 15) is 9.59 Å². The van der Waals surface area contributed by atoms with Gasteiger partial charge in [0.1, 0.15) is 5.78 Å². The molecule has 10 atom stereocenters. The van der Waals surface area contributed by atoms with Crippen LogP contribution in [0, 0.1) is 58.2 Å². The lowest BCUT2D eigenvalue weighted by Crippen LogP contribution is -2.48. The first-order valence-corrected chi connectivity index (χ1v) is 10.5. The van der Waals surface area contributed by atoms with E-state index in [1.807, 2.05) is 0 Å². The Morgan fingerprint density at radius 2 is 1.48 bits per heavy atom. The SMILES string of the molecule is COC(=O)C1C(C)C2CC1C1(CCC3(CC4CC3C(C)C4C)C1=O)C2. The highest BCUT2D eigenvalue weighted by atomic mass is 16.5. The van der Waals surface area contributed by atoms with Crippen molar-refractivity contribution in [1.82, 2.24) is 0 Å². The van der Waals surface area contributed by atoms with Crippen molar-refractivity contribution >= 4 is 11.8 Å². The summed E-state index contributed by atoms with van der Waals surface area (Å²) in [6, 6.07) is 0. The fraction of sp³-hybridized carbons (Fsp3) is 0.909. The van der Waals surface area contributed by atoms with E-state index in [1.54, 1.807) is 0 Å². The van der Waals surface area contributed by atoms with Gasteiger partial charge in [0.05, 0.1) is 13.0 Å². The molecule has 25 heavy (non-hydrogen) atoms. The molecule has 0 aromatic heterocycles. The van der Waals surface area contributed by atoms with Gasteiger partial charge >= 0.3 is 5.97 Å². The minimum atomic E-state index is -0.191. The molecule has 5 saturated carbocycles. The standard InChI is InChI=1S/C22H32O3/c1-11-12(2)16-7-14(11)9-21(16)5-6-22(20(21)24)10-15-8-17(22)18(13(15)3)19(23)25-4/h11-18H,5-10H2,1-4H3. The van der Waals surface area contributed by atoms with Crippen molar-refractivity contribution in [3.8, 4) is 0 Å². The van der Waals surface area contributed by atoms with Crippen LogP contribution in [0.25, 0.3) is 0 Å². The first kappa shape index (κ1) is 16.3. The van der Waals surface area contributed by atoms with Gasteiger partial charge in [-0.15, -0.1) is 0 Å². The maximum absolute atomic E-state index is 14.0. The molecule has 3 nitrogen and oxygen atoms in total. The third-order valence-corrected chi connectivity index (χ3v) is 10.1. The van der Waals surface area contributed by atoms with E-state index in [0.717, 1.165) is 43.9 Å². The molecule has 0 heterocycles. The van der Waals surface area contributed by atoms with Crippen molar-refractivity contribution in [2.24, 2.45) is 58.2 Å². The summed E-state index contributed by atoms with van der Waals surface area (Å²) in [6.45, 7) is 6.98. The smallest absolute Gasteiger partial charge is 0.309 e. The van der Waals surface area contributed by atoms with Crippen molar-refractivity contribution in [3.63, 3.8) is 0 Å². The molecule has 0 aromatic carbocycles. The molecule has 5 fully saturated rings. The summed E-state index contributed by atoms with van der Waals surface area (Å²) in [5.41, 5.74) is -0.228. The molecule has 5 aliphatic carbocycles. The number of hydrogen-bond acceptors (Lipinski definition) is 3. The van der Waals surface area contributed by atoms with Crippen LogP contribution in [-0.4, -0.2) is 18.9 Å². The second-order valence-corrected chi connectivity index (χ2v) is 10.4. The Bertz CT molecular complexity index is 639. The number of methoxy groups -OCH3 is 1. The van der Waals surface area contributed by atoms with Crippen molar-refractivity contribution in [3.05, 3.63) is 0 Å². The summed E-state index contributed by atoms with van der Waals surface area (Å²) in [5, 5.41) is 0. The van der Waals surface area contributed by atoms with Gasteiger partial charge < -0.3 is 4.74 Å². The fourth-order valence-electron chi connectivity index (χ4n) is 8.75. The fourth-order valence-corrected chi connectivity index (χ4v) is 8.75. The number of hydrogen-bond donors (Lipinski definition) is 0. The average Bonchev–Trinajstić information content (AvgIpc) is 3.36. The van der Waals surface area contributed by atoms with Gasteiger partial charge in [-0.05, 0) is 80.0 Å². The van der Waals surface area contributed by atoms with Gasteiger partial charge in [-0.3, -0.25) is 9.59 Å². The summed E-state index contributed by atoms with van der Waals surface area (Å²) in [5.74, 6) is 4.48. The van der Waals surface area contributed by atoms with Crippen LogP contribution < -0.4 is 0 Å². The average molecular weight is 344 g/mol. The van der Waals surface area contributed by atoms with Crippen LogP contribution in [0.2, 0.25) is 0 Å². The number of Topliss-reactive ketones (excluding diaryl/α,β-unsaturated/α-hetero) is 1. The zero-order valence-electron chi connectivity index (χ0n) is 16.1. The van der Waals surface area contributed by atoms with E-state index < -0.39 is 0 Å². The van der Waals surface area contributed by atoms with Crippen LogP contribution >= 0.6 is 0 Å². The highest BCUT2D eigenvalue weighted by molar-refractivity contribution is 5.95. The van der Waals surface area contributed by atoms with Crippen LogP contribution in [0.5, 0.6) is 0 Å². The Kier molecular flexibility index (Phi) is 3.20. The number of carbonyl (C=O) groups excluding carboxylic acids is 2. The van der Waals surface area contributed by atoms with Gasteiger partial charge in [0, 0.05) is 10.8 Å². The molecule has 5 rings (SSSR count). The molecule has 5 aliphatic rings. The summed E-state index contributed by atoms with van der Waals surface area (Å²) >= 11 is 0. The predicted molar refractivity (Wildman–Crippen MR) is 94.5 cm³/mol. The normalized spacial score (nSPS) is 58.8. The highest BCUT2D eigenvalue weighted by Crippen LogP contribution is 2.74. The molecule has 2 spiro atoms. The number of ether oxygens (including phenoxy) is 1. The number of esters is 1. The van der Waals surface area contributed by atoms with Crippen molar-refractivity contribution in [2.45, 2.75) is 59.3 Å². The molecular formula is C22H32O3. The highest BCUT2D eigenvalue weighted by Gasteiger charge is 2.73. The van der Waals surface area contributed by atoms with Gasteiger partial charge in [0.2, 0.25) is 0 Å². The van der Waals surface area contributed by atoms with Gasteiger partial charge in [0.25, 0.3) is 0 Å². The third kappa shape index (κ3) is 1.69. The van der Waals surface area contributed by atoms with Crippen LogP contribution in [0.3, 0.4) is 0 Å².